The molecule has 1 N–H and O–H groups in total. The first-order valence-electron chi connectivity index (χ1n) is 10.3. The SMILES string of the molecule is O=C(Nc1ccccc1F)[C@H]1CC(=O)N(c2ccc3c(c2)CCN3C(=O)C2CC2)C1. The molecule has 6 nitrogen and oxygen atoms in total. The summed E-state index contributed by atoms with van der Waals surface area (Å²) in [6.07, 6.45) is 2.80. The first kappa shape index (κ1) is 18.8. The van der Waals surface area contributed by atoms with Crippen molar-refractivity contribution in [1.82, 2.24) is 0 Å². The van der Waals surface area contributed by atoms with Crippen molar-refractivity contribution in [1.29, 1.82) is 0 Å². The molecule has 1 saturated heterocycles. The third-order valence-electron chi connectivity index (χ3n) is 6.09. The molecule has 1 atom stereocenters. The third kappa shape index (κ3) is 3.34. The molecule has 3 amide bonds. The number of benzene rings is 2. The van der Waals surface area contributed by atoms with Crippen LogP contribution in [0.5, 0.6) is 0 Å². The van der Waals surface area contributed by atoms with E-state index in [0.29, 0.717) is 6.54 Å². The summed E-state index contributed by atoms with van der Waals surface area (Å²) < 4.78 is 13.8. The van der Waals surface area contributed by atoms with E-state index in [1.165, 1.54) is 12.1 Å². The van der Waals surface area contributed by atoms with E-state index >= 15 is 0 Å². The van der Waals surface area contributed by atoms with Gasteiger partial charge in [0.25, 0.3) is 0 Å². The Balaban J connectivity index is 1.30. The molecule has 0 spiro atoms. The predicted molar refractivity (Wildman–Crippen MR) is 111 cm³/mol. The second kappa shape index (κ2) is 7.23. The molecular formula is C23H22FN3O3. The second-order valence-corrected chi connectivity index (χ2v) is 8.20. The molecule has 154 valence electrons. The van der Waals surface area contributed by atoms with Crippen molar-refractivity contribution in [2.75, 3.05) is 28.2 Å². The maximum absolute atomic E-state index is 13.8. The average Bonchev–Trinajstić information content (AvgIpc) is 3.39. The van der Waals surface area contributed by atoms with E-state index < -0.39 is 11.7 Å². The fourth-order valence-electron chi connectivity index (χ4n) is 4.27. The molecule has 0 radical (unpaired) electrons. The van der Waals surface area contributed by atoms with Crippen LogP contribution < -0.4 is 15.1 Å². The molecule has 1 saturated carbocycles. The zero-order valence-corrected chi connectivity index (χ0v) is 16.4. The molecule has 5 rings (SSSR count). The molecule has 0 bridgehead atoms. The van der Waals surface area contributed by atoms with E-state index in [2.05, 4.69) is 5.32 Å². The maximum Gasteiger partial charge on any atom is 0.230 e. The molecule has 1 aliphatic carbocycles. The fraction of sp³-hybridized carbons (Fsp3) is 0.348. The topological polar surface area (TPSA) is 69.7 Å². The van der Waals surface area contributed by atoms with Gasteiger partial charge in [-0.3, -0.25) is 14.4 Å². The molecule has 2 fully saturated rings. The number of para-hydroxylation sites is 1. The number of carbonyl (C=O) groups excluding carboxylic acids is 3. The largest absolute Gasteiger partial charge is 0.323 e. The summed E-state index contributed by atoms with van der Waals surface area (Å²) in [5, 5.41) is 2.58. The summed E-state index contributed by atoms with van der Waals surface area (Å²) >= 11 is 0. The zero-order valence-electron chi connectivity index (χ0n) is 16.4. The molecule has 7 heteroatoms. The van der Waals surface area contributed by atoms with Crippen LogP contribution in [0.15, 0.2) is 42.5 Å². The van der Waals surface area contributed by atoms with Crippen molar-refractivity contribution in [2.24, 2.45) is 11.8 Å². The summed E-state index contributed by atoms with van der Waals surface area (Å²) in [6, 6.07) is 11.7. The highest BCUT2D eigenvalue weighted by Gasteiger charge is 2.38. The highest BCUT2D eigenvalue weighted by molar-refractivity contribution is 6.04. The lowest BCUT2D eigenvalue weighted by atomic mass is 10.1. The van der Waals surface area contributed by atoms with Crippen LogP contribution in [0.1, 0.15) is 24.8 Å². The van der Waals surface area contributed by atoms with Crippen LogP contribution in [-0.4, -0.2) is 30.8 Å². The lowest BCUT2D eigenvalue weighted by Crippen LogP contribution is -2.30. The van der Waals surface area contributed by atoms with Gasteiger partial charge in [-0.05, 0) is 55.2 Å². The van der Waals surface area contributed by atoms with E-state index in [9.17, 15) is 18.8 Å². The molecule has 3 aliphatic rings. The van der Waals surface area contributed by atoms with Crippen LogP contribution in [0, 0.1) is 17.7 Å². The van der Waals surface area contributed by atoms with Gasteiger partial charge in [0, 0.05) is 36.8 Å². The number of carbonyl (C=O) groups is 3. The second-order valence-electron chi connectivity index (χ2n) is 8.20. The minimum Gasteiger partial charge on any atom is -0.323 e. The van der Waals surface area contributed by atoms with Crippen molar-refractivity contribution >= 4 is 34.8 Å². The number of fused-ring (bicyclic) bond motifs is 1. The van der Waals surface area contributed by atoms with Crippen molar-refractivity contribution in [3.63, 3.8) is 0 Å². The molecule has 2 aliphatic heterocycles. The number of hydrogen-bond donors (Lipinski definition) is 1. The number of nitrogens with one attached hydrogen (secondary N) is 1. The van der Waals surface area contributed by atoms with E-state index in [1.54, 1.807) is 17.0 Å². The van der Waals surface area contributed by atoms with Crippen LogP contribution in [0.3, 0.4) is 0 Å². The maximum atomic E-state index is 13.8. The lowest BCUT2D eigenvalue weighted by molar-refractivity contribution is -0.122. The summed E-state index contributed by atoms with van der Waals surface area (Å²) in [7, 11) is 0. The van der Waals surface area contributed by atoms with Gasteiger partial charge in [0.1, 0.15) is 5.82 Å². The Morgan fingerprint density at radius 2 is 1.87 bits per heavy atom. The Hall–Kier alpha value is -3.22. The highest BCUT2D eigenvalue weighted by atomic mass is 19.1. The molecule has 0 unspecified atom stereocenters. The smallest absolute Gasteiger partial charge is 0.230 e. The normalized spacial score (nSPS) is 20.4. The standard InChI is InChI=1S/C23H22FN3O3/c24-18-3-1-2-4-19(18)25-22(29)16-12-21(28)27(13-16)17-7-8-20-15(11-17)9-10-26(20)23(30)14-5-6-14/h1-4,7-8,11,14,16H,5-6,9-10,12-13H2,(H,25,29)/t16-/m0/s1. The minimum absolute atomic E-state index is 0.0870. The number of amides is 3. The number of anilines is 3. The third-order valence-corrected chi connectivity index (χ3v) is 6.09. The van der Waals surface area contributed by atoms with Gasteiger partial charge in [0.2, 0.25) is 17.7 Å². The Labute approximate surface area is 173 Å². The van der Waals surface area contributed by atoms with Crippen molar-refractivity contribution in [3.05, 3.63) is 53.8 Å². The molecule has 2 aromatic rings. The number of rotatable bonds is 4. The first-order chi connectivity index (χ1) is 14.5. The molecular weight excluding hydrogens is 385 g/mol. The highest BCUT2D eigenvalue weighted by Crippen LogP contribution is 2.38. The first-order valence-corrected chi connectivity index (χ1v) is 10.3. The summed E-state index contributed by atoms with van der Waals surface area (Å²) in [4.78, 5) is 41.1. The van der Waals surface area contributed by atoms with E-state index in [4.69, 9.17) is 0 Å². The average molecular weight is 407 g/mol. The van der Waals surface area contributed by atoms with Gasteiger partial charge in [0.05, 0.1) is 11.6 Å². The molecule has 0 aromatic heterocycles. The Kier molecular flexibility index (Phi) is 4.53. The summed E-state index contributed by atoms with van der Waals surface area (Å²) in [5.41, 5.74) is 2.83. The van der Waals surface area contributed by atoms with Gasteiger partial charge in [-0.2, -0.15) is 0 Å². The van der Waals surface area contributed by atoms with Crippen molar-refractivity contribution in [3.8, 4) is 0 Å². The van der Waals surface area contributed by atoms with Gasteiger partial charge in [-0.1, -0.05) is 12.1 Å². The van der Waals surface area contributed by atoms with Crippen LogP contribution in [0.4, 0.5) is 21.5 Å². The Morgan fingerprint density at radius 3 is 2.63 bits per heavy atom. The molecule has 2 heterocycles. The number of hydrogen-bond acceptors (Lipinski definition) is 3. The summed E-state index contributed by atoms with van der Waals surface area (Å²) in [6.45, 7) is 0.929. The van der Waals surface area contributed by atoms with E-state index in [1.807, 2.05) is 23.1 Å². The Bertz CT molecular complexity index is 1050. The van der Waals surface area contributed by atoms with Gasteiger partial charge >= 0.3 is 0 Å². The molecule has 30 heavy (non-hydrogen) atoms. The quantitative estimate of drug-likeness (QED) is 0.847. The van der Waals surface area contributed by atoms with Crippen LogP contribution in [0.2, 0.25) is 0 Å². The predicted octanol–water partition coefficient (Wildman–Crippen LogP) is 3.12. The van der Waals surface area contributed by atoms with E-state index in [-0.39, 0.29) is 42.3 Å². The van der Waals surface area contributed by atoms with Gasteiger partial charge in [-0.25, -0.2) is 4.39 Å². The molecule has 2 aromatic carbocycles. The van der Waals surface area contributed by atoms with Crippen LogP contribution in [-0.2, 0) is 20.8 Å². The fourth-order valence-corrected chi connectivity index (χ4v) is 4.27. The monoisotopic (exact) mass is 407 g/mol. The van der Waals surface area contributed by atoms with Crippen molar-refractivity contribution < 1.29 is 18.8 Å². The zero-order chi connectivity index (χ0) is 20.8. The minimum atomic E-state index is -0.543. The number of halogens is 1. The summed E-state index contributed by atoms with van der Waals surface area (Å²) in [5.74, 6) is -1.17. The van der Waals surface area contributed by atoms with Crippen molar-refractivity contribution in [2.45, 2.75) is 25.7 Å². The number of nitrogens with zero attached hydrogens (tertiary/aromatic N) is 2. The van der Waals surface area contributed by atoms with Crippen LogP contribution >= 0.6 is 0 Å². The van der Waals surface area contributed by atoms with Crippen LogP contribution in [0.25, 0.3) is 0 Å². The van der Waals surface area contributed by atoms with E-state index in [0.717, 1.165) is 36.2 Å². The lowest BCUT2D eigenvalue weighted by Gasteiger charge is -2.20. The van der Waals surface area contributed by atoms with Gasteiger partial charge in [0.15, 0.2) is 0 Å². The van der Waals surface area contributed by atoms with Gasteiger partial charge < -0.3 is 15.1 Å². The Morgan fingerprint density at radius 1 is 1.07 bits per heavy atom. The van der Waals surface area contributed by atoms with Gasteiger partial charge in [-0.15, -0.1) is 0 Å².